The van der Waals surface area contributed by atoms with Crippen LogP contribution in [-0.2, 0) is 0 Å². The first-order valence-electron chi connectivity index (χ1n) is 6.35. The highest BCUT2D eigenvalue weighted by molar-refractivity contribution is 6.31. The summed E-state index contributed by atoms with van der Waals surface area (Å²) < 4.78 is 0. The number of nitrogens with zero attached hydrogens (tertiary/aromatic N) is 2. The summed E-state index contributed by atoms with van der Waals surface area (Å²) in [6.45, 7) is 0. The minimum absolute atomic E-state index is 0.374. The van der Waals surface area contributed by atoms with Gasteiger partial charge in [0.05, 0.1) is 21.5 Å². The van der Waals surface area contributed by atoms with Gasteiger partial charge in [-0.1, -0.05) is 0 Å². The maximum absolute atomic E-state index is 12.6. The van der Waals surface area contributed by atoms with Gasteiger partial charge in [0.1, 0.15) is 11.3 Å². The molecule has 0 fully saturated rings. The number of nitro benzene ring substituents is 2. The van der Waals surface area contributed by atoms with Gasteiger partial charge in [-0.3, -0.25) is 29.8 Å². The van der Waals surface area contributed by atoms with Gasteiger partial charge in [0, 0.05) is 17.2 Å². The number of phenolic OH excluding ortho intramolecular Hbond substituents is 2. The second-order valence-corrected chi connectivity index (χ2v) is 4.92. The summed E-state index contributed by atoms with van der Waals surface area (Å²) >= 11 is 0. The molecule has 10 heteroatoms. The number of fused-ring (bicyclic) bond motifs is 2. The van der Waals surface area contributed by atoms with Crippen LogP contribution >= 0.6 is 0 Å². The van der Waals surface area contributed by atoms with Gasteiger partial charge >= 0.3 is 5.69 Å². The number of non-ortho nitro benzene ring substituents is 1. The summed E-state index contributed by atoms with van der Waals surface area (Å²) in [5.74, 6) is -3.58. The molecule has 2 N–H and O–H groups in total. The van der Waals surface area contributed by atoms with E-state index in [1.165, 1.54) is 0 Å². The standard InChI is InChI=1S/C14H6N2O8/c17-8-2-1-6-11(12(8)16(23)24)14(20)7-3-5(15(21)22)4-9(18)10(7)13(6)19/h1-4,17-18H. The largest absolute Gasteiger partial charge is 0.507 e. The van der Waals surface area contributed by atoms with Crippen LogP contribution in [0.15, 0.2) is 24.3 Å². The van der Waals surface area contributed by atoms with Crippen molar-refractivity contribution in [2.45, 2.75) is 0 Å². The molecule has 0 saturated heterocycles. The molecule has 1 aliphatic carbocycles. The number of phenols is 2. The Hall–Kier alpha value is -3.82. The Labute approximate surface area is 131 Å². The molecule has 24 heavy (non-hydrogen) atoms. The number of aromatic hydroxyl groups is 2. The number of hydrogen-bond donors (Lipinski definition) is 2. The zero-order valence-electron chi connectivity index (χ0n) is 11.5. The van der Waals surface area contributed by atoms with Crippen molar-refractivity contribution in [1.29, 1.82) is 0 Å². The molecule has 0 radical (unpaired) electrons. The third-order valence-corrected chi connectivity index (χ3v) is 3.60. The maximum Gasteiger partial charge on any atom is 0.322 e. The molecule has 0 atom stereocenters. The Balaban J connectivity index is 2.39. The molecule has 0 spiro atoms. The Bertz CT molecular complexity index is 979. The predicted octanol–water partition coefficient (Wildman–Crippen LogP) is 1.69. The fourth-order valence-corrected chi connectivity index (χ4v) is 2.59. The Morgan fingerprint density at radius 1 is 0.792 bits per heavy atom. The van der Waals surface area contributed by atoms with Crippen molar-refractivity contribution >= 4 is 22.9 Å². The average molecular weight is 330 g/mol. The fourth-order valence-electron chi connectivity index (χ4n) is 2.59. The van der Waals surface area contributed by atoms with Crippen molar-refractivity contribution in [1.82, 2.24) is 0 Å². The molecule has 0 heterocycles. The van der Waals surface area contributed by atoms with E-state index < -0.39 is 61.0 Å². The Kier molecular flexibility index (Phi) is 3.04. The first kappa shape index (κ1) is 15.1. The van der Waals surface area contributed by atoms with E-state index >= 15 is 0 Å². The van der Waals surface area contributed by atoms with Gasteiger partial charge in [-0.05, 0) is 12.1 Å². The summed E-state index contributed by atoms with van der Waals surface area (Å²) in [5, 5.41) is 41.5. The molecule has 0 bridgehead atoms. The number of rotatable bonds is 2. The van der Waals surface area contributed by atoms with Crippen LogP contribution in [0.5, 0.6) is 11.5 Å². The molecule has 0 saturated carbocycles. The number of benzene rings is 2. The molecule has 0 unspecified atom stereocenters. The first-order valence-corrected chi connectivity index (χ1v) is 6.35. The van der Waals surface area contributed by atoms with Gasteiger partial charge < -0.3 is 10.2 Å². The lowest BCUT2D eigenvalue weighted by atomic mass is 9.82. The number of hydrogen-bond acceptors (Lipinski definition) is 8. The van der Waals surface area contributed by atoms with Crippen LogP contribution in [0.2, 0.25) is 0 Å². The summed E-state index contributed by atoms with van der Waals surface area (Å²) in [7, 11) is 0. The van der Waals surface area contributed by atoms with E-state index in [4.69, 9.17) is 0 Å². The quantitative estimate of drug-likeness (QED) is 0.530. The predicted molar refractivity (Wildman–Crippen MR) is 76.4 cm³/mol. The maximum atomic E-state index is 12.6. The lowest BCUT2D eigenvalue weighted by Crippen LogP contribution is -2.22. The number of ketones is 2. The van der Waals surface area contributed by atoms with E-state index in [-0.39, 0.29) is 5.56 Å². The molecule has 0 aliphatic heterocycles. The monoisotopic (exact) mass is 330 g/mol. The molecular formula is C14H6N2O8. The van der Waals surface area contributed by atoms with Gasteiger partial charge in [-0.2, -0.15) is 0 Å². The molecule has 2 aromatic carbocycles. The highest BCUT2D eigenvalue weighted by Crippen LogP contribution is 2.41. The number of nitro groups is 2. The SMILES string of the molecule is O=C1c2ccc(O)c([N+](=O)[O-])c2C(=O)c2cc([N+](=O)[O-])cc(O)c21. The van der Waals surface area contributed by atoms with Gasteiger partial charge in [-0.25, -0.2) is 0 Å². The van der Waals surface area contributed by atoms with Gasteiger partial charge in [0.2, 0.25) is 5.78 Å². The van der Waals surface area contributed by atoms with Crippen molar-refractivity contribution in [2.24, 2.45) is 0 Å². The number of carbonyl (C=O) groups is 2. The van der Waals surface area contributed by atoms with E-state index in [0.29, 0.717) is 6.07 Å². The molecule has 1 aliphatic rings. The second kappa shape index (κ2) is 4.84. The molecule has 0 amide bonds. The van der Waals surface area contributed by atoms with Crippen LogP contribution in [0, 0.1) is 20.2 Å². The van der Waals surface area contributed by atoms with Gasteiger partial charge in [-0.15, -0.1) is 0 Å². The minimum atomic E-state index is -1.07. The number of carbonyl (C=O) groups excluding carboxylic acids is 2. The summed E-state index contributed by atoms with van der Waals surface area (Å²) in [6, 6.07) is 3.37. The van der Waals surface area contributed by atoms with Gasteiger partial charge in [0.25, 0.3) is 5.69 Å². The van der Waals surface area contributed by atoms with Crippen LogP contribution < -0.4 is 0 Å². The highest BCUT2D eigenvalue weighted by atomic mass is 16.6. The van der Waals surface area contributed by atoms with Crippen molar-refractivity contribution in [3.63, 3.8) is 0 Å². The molecule has 10 nitrogen and oxygen atoms in total. The lowest BCUT2D eigenvalue weighted by molar-refractivity contribution is -0.386. The van der Waals surface area contributed by atoms with Crippen LogP contribution in [0.1, 0.15) is 31.8 Å². The fraction of sp³-hybridized carbons (Fsp3) is 0. The molecule has 120 valence electrons. The van der Waals surface area contributed by atoms with E-state index in [1.807, 2.05) is 0 Å². The smallest absolute Gasteiger partial charge is 0.322 e. The third kappa shape index (κ3) is 1.90. The molecule has 3 rings (SSSR count). The molecule has 0 aromatic heterocycles. The van der Waals surface area contributed by atoms with E-state index in [9.17, 15) is 40.0 Å². The molecular weight excluding hydrogens is 324 g/mol. The topological polar surface area (TPSA) is 161 Å². The van der Waals surface area contributed by atoms with Crippen molar-refractivity contribution < 1.29 is 29.6 Å². The third-order valence-electron chi connectivity index (χ3n) is 3.60. The van der Waals surface area contributed by atoms with Crippen LogP contribution in [0.3, 0.4) is 0 Å². The van der Waals surface area contributed by atoms with E-state index in [2.05, 4.69) is 0 Å². The van der Waals surface area contributed by atoms with Crippen LogP contribution in [0.4, 0.5) is 11.4 Å². The normalized spacial score (nSPS) is 12.5. The average Bonchev–Trinajstić information content (AvgIpc) is 2.50. The van der Waals surface area contributed by atoms with Crippen molar-refractivity contribution in [3.8, 4) is 11.5 Å². The Morgan fingerprint density at radius 3 is 2.00 bits per heavy atom. The zero-order valence-corrected chi connectivity index (χ0v) is 11.5. The van der Waals surface area contributed by atoms with E-state index in [1.54, 1.807) is 0 Å². The molecule has 2 aromatic rings. The van der Waals surface area contributed by atoms with Gasteiger partial charge in [0.15, 0.2) is 11.5 Å². The van der Waals surface area contributed by atoms with Crippen LogP contribution in [0.25, 0.3) is 0 Å². The second-order valence-electron chi connectivity index (χ2n) is 4.92. The van der Waals surface area contributed by atoms with E-state index in [0.717, 1.165) is 18.2 Å². The highest BCUT2D eigenvalue weighted by Gasteiger charge is 2.40. The summed E-state index contributed by atoms with van der Waals surface area (Å²) in [4.78, 5) is 45.1. The summed E-state index contributed by atoms with van der Waals surface area (Å²) in [6.07, 6.45) is 0. The first-order chi connectivity index (χ1) is 11.2. The van der Waals surface area contributed by atoms with Crippen molar-refractivity contribution in [3.05, 3.63) is 66.7 Å². The zero-order chi connectivity index (χ0) is 17.8. The minimum Gasteiger partial charge on any atom is -0.507 e. The van der Waals surface area contributed by atoms with Crippen LogP contribution in [-0.4, -0.2) is 31.6 Å². The Morgan fingerprint density at radius 2 is 1.42 bits per heavy atom. The summed E-state index contributed by atoms with van der Waals surface area (Å²) in [5.41, 5.74) is -3.68. The van der Waals surface area contributed by atoms with Crippen molar-refractivity contribution in [2.75, 3.05) is 0 Å². The lowest BCUT2D eigenvalue weighted by Gasteiger charge is -2.18.